The van der Waals surface area contributed by atoms with E-state index in [4.69, 9.17) is 4.74 Å². The summed E-state index contributed by atoms with van der Waals surface area (Å²) in [7, 11) is 0. The van der Waals surface area contributed by atoms with Crippen LogP contribution in [0, 0.1) is 0 Å². The molecule has 170 valence electrons. The molecule has 0 spiro atoms. The highest BCUT2D eigenvalue weighted by Gasteiger charge is 2.38. The number of benzene rings is 3. The Labute approximate surface area is 200 Å². The van der Waals surface area contributed by atoms with E-state index in [0.717, 1.165) is 43.8 Å². The predicted octanol–water partition coefficient (Wildman–Crippen LogP) is 5.50. The summed E-state index contributed by atoms with van der Waals surface area (Å²) in [6.07, 6.45) is 2.07. The average Bonchev–Trinajstić information content (AvgIpc) is 3.26. The second-order valence-electron chi connectivity index (χ2n) is 8.80. The third kappa shape index (κ3) is 5.43. The van der Waals surface area contributed by atoms with Crippen molar-refractivity contribution in [2.75, 3.05) is 18.8 Å². The summed E-state index contributed by atoms with van der Waals surface area (Å²) in [5.74, 6) is 1.70. The summed E-state index contributed by atoms with van der Waals surface area (Å²) < 4.78 is 5.94. The van der Waals surface area contributed by atoms with Crippen LogP contribution in [0.25, 0.3) is 0 Å². The molecule has 1 atom stereocenters. The second-order valence-corrected chi connectivity index (χ2v) is 9.87. The van der Waals surface area contributed by atoms with E-state index < -0.39 is 0 Å². The Hall–Kier alpha value is -2.76. The minimum Gasteiger partial charge on any atom is -0.489 e. The molecule has 5 heteroatoms. The molecule has 0 bridgehead atoms. The SMILES string of the molecule is O=C1CSC(c2ccc(OCc3ccccc3)cc2)N1C1CCN(Cc2ccccc2)CC1. The first-order valence-corrected chi connectivity index (χ1v) is 12.8. The molecule has 0 saturated carbocycles. The largest absolute Gasteiger partial charge is 0.489 e. The molecule has 0 N–H and O–H groups in total. The molecule has 5 rings (SSSR count). The van der Waals surface area contributed by atoms with Gasteiger partial charge in [-0.1, -0.05) is 72.8 Å². The van der Waals surface area contributed by atoms with Gasteiger partial charge in [-0.2, -0.15) is 0 Å². The maximum Gasteiger partial charge on any atom is 0.234 e. The van der Waals surface area contributed by atoms with Crippen molar-refractivity contribution < 1.29 is 9.53 Å². The van der Waals surface area contributed by atoms with Crippen LogP contribution in [0.15, 0.2) is 84.9 Å². The minimum atomic E-state index is 0.103. The fraction of sp³-hybridized carbons (Fsp3) is 0.321. The zero-order valence-corrected chi connectivity index (χ0v) is 19.6. The molecule has 1 unspecified atom stereocenters. The highest BCUT2D eigenvalue weighted by Crippen LogP contribution is 2.42. The topological polar surface area (TPSA) is 32.8 Å². The van der Waals surface area contributed by atoms with E-state index in [0.29, 0.717) is 18.4 Å². The number of piperidine rings is 1. The van der Waals surface area contributed by atoms with Crippen LogP contribution < -0.4 is 4.74 Å². The Bertz CT molecular complexity index is 1030. The standard InChI is InChI=1S/C28H30N2O2S/c31-27-21-33-28(24-11-13-26(14-12-24)32-20-23-9-5-2-6-10-23)30(27)25-15-17-29(18-16-25)19-22-7-3-1-4-8-22/h1-14,25,28H,15-21H2. The molecule has 1 amide bonds. The first-order valence-electron chi connectivity index (χ1n) is 11.7. The van der Waals surface area contributed by atoms with Crippen LogP contribution in [0.4, 0.5) is 0 Å². The molecule has 33 heavy (non-hydrogen) atoms. The number of rotatable bonds is 7. The molecular formula is C28H30N2O2S. The molecule has 2 heterocycles. The van der Waals surface area contributed by atoms with Gasteiger partial charge < -0.3 is 9.64 Å². The summed E-state index contributed by atoms with van der Waals surface area (Å²) in [5.41, 5.74) is 3.70. The van der Waals surface area contributed by atoms with Crippen LogP contribution in [-0.2, 0) is 17.9 Å². The van der Waals surface area contributed by atoms with Crippen molar-refractivity contribution in [3.05, 3.63) is 102 Å². The van der Waals surface area contributed by atoms with Crippen LogP contribution in [-0.4, -0.2) is 40.6 Å². The zero-order valence-electron chi connectivity index (χ0n) is 18.8. The Morgan fingerprint density at radius 3 is 2.12 bits per heavy atom. The van der Waals surface area contributed by atoms with Crippen LogP contribution in [0.2, 0.25) is 0 Å². The monoisotopic (exact) mass is 458 g/mol. The van der Waals surface area contributed by atoms with Gasteiger partial charge in [-0.15, -0.1) is 11.8 Å². The lowest BCUT2D eigenvalue weighted by Gasteiger charge is -2.39. The Morgan fingerprint density at radius 2 is 1.45 bits per heavy atom. The summed E-state index contributed by atoms with van der Waals surface area (Å²) in [5, 5.41) is 0.103. The van der Waals surface area contributed by atoms with Crippen molar-refractivity contribution in [1.29, 1.82) is 0 Å². The van der Waals surface area contributed by atoms with Gasteiger partial charge >= 0.3 is 0 Å². The second kappa shape index (κ2) is 10.4. The van der Waals surface area contributed by atoms with Crippen LogP contribution in [0.1, 0.15) is 34.9 Å². The third-order valence-electron chi connectivity index (χ3n) is 6.52. The molecule has 4 nitrogen and oxygen atoms in total. The number of thioether (sulfide) groups is 1. The highest BCUT2D eigenvalue weighted by molar-refractivity contribution is 8.00. The lowest BCUT2D eigenvalue weighted by molar-refractivity contribution is -0.131. The molecule has 3 aromatic rings. The number of hydrogen-bond acceptors (Lipinski definition) is 4. The normalized spacial score (nSPS) is 19.7. The van der Waals surface area contributed by atoms with Gasteiger partial charge in [-0.3, -0.25) is 9.69 Å². The molecule has 0 radical (unpaired) electrons. The van der Waals surface area contributed by atoms with Crippen molar-refractivity contribution in [3.8, 4) is 5.75 Å². The molecule has 0 aromatic heterocycles. The van der Waals surface area contributed by atoms with E-state index in [1.807, 2.05) is 30.3 Å². The van der Waals surface area contributed by atoms with Crippen LogP contribution in [0.5, 0.6) is 5.75 Å². The van der Waals surface area contributed by atoms with Gasteiger partial charge in [-0.25, -0.2) is 0 Å². The third-order valence-corrected chi connectivity index (χ3v) is 7.75. The van der Waals surface area contributed by atoms with E-state index in [1.54, 1.807) is 11.8 Å². The lowest BCUT2D eigenvalue weighted by atomic mass is 10.0. The van der Waals surface area contributed by atoms with Crippen molar-refractivity contribution >= 4 is 17.7 Å². The maximum atomic E-state index is 12.8. The number of carbonyl (C=O) groups is 1. The van der Waals surface area contributed by atoms with Gasteiger partial charge in [0.1, 0.15) is 17.7 Å². The fourth-order valence-corrected chi connectivity index (χ4v) is 6.00. The molecule has 2 aliphatic rings. The van der Waals surface area contributed by atoms with Gasteiger partial charge in [0.25, 0.3) is 0 Å². The van der Waals surface area contributed by atoms with E-state index in [2.05, 4.69) is 64.4 Å². The zero-order chi connectivity index (χ0) is 22.5. The molecule has 0 aliphatic carbocycles. The summed E-state index contributed by atoms with van der Waals surface area (Å²) >= 11 is 1.75. The van der Waals surface area contributed by atoms with Crippen LogP contribution in [0.3, 0.4) is 0 Å². The number of likely N-dealkylation sites (tertiary alicyclic amines) is 1. The van der Waals surface area contributed by atoms with Crippen molar-refractivity contribution in [2.45, 2.75) is 37.4 Å². The molecule has 3 aromatic carbocycles. The first-order chi connectivity index (χ1) is 16.3. The predicted molar refractivity (Wildman–Crippen MR) is 134 cm³/mol. The van der Waals surface area contributed by atoms with Crippen molar-refractivity contribution in [2.24, 2.45) is 0 Å². The van der Waals surface area contributed by atoms with E-state index in [-0.39, 0.29) is 11.3 Å². The fourth-order valence-electron chi connectivity index (χ4n) is 4.75. The van der Waals surface area contributed by atoms with Gasteiger partial charge in [-0.05, 0) is 41.7 Å². The maximum absolute atomic E-state index is 12.8. The number of hydrogen-bond donors (Lipinski definition) is 0. The first kappa shape index (κ1) is 22.1. The quantitative estimate of drug-likeness (QED) is 0.468. The van der Waals surface area contributed by atoms with Crippen molar-refractivity contribution in [1.82, 2.24) is 9.80 Å². The number of carbonyl (C=O) groups excluding carboxylic acids is 1. The molecule has 2 fully saturated rings. The van der Waals surface area contributed by atoms with Gasteiger partial charge in [0, 0.05) is 25.7 Å². The van der Waals surface area contributed by atoms with Gasteiger partial charge in [0.15, 0.2) is 0 Å². The summed E-state index contributed by atoms with van der Waals surface area (Å²) in [6.45, 7) is 3.62. The van der Waals surface area contributed by atoms with E-state index in [9.17, 15) is 4.79 Å². The van der Waals surface area contributed by atoms with E-state index in [1.165, 1.54) is 11.1 Å². The van der Waals surface area contributed by atoms with E-state index >= 15 is 0 Å². The number of amides is 1. The Kier molecular flexibility index (Phi) is 6.98. The molecular weight excluding hydrogens is 428 g/mol. The Morgan fingerprint density at radius 1 is 0.818 bits per heavy atom. The van der Waals surface area contributed by atoms with Crippen molar-refractivity contribution in [3.63, 3.8) is 0 Å². The van der Waals surface area contributed by atoms with Crippen LogP contribution >= 0.6 is 11.8 Å². The minimum absolute atomic E-state index is 0.103. The summed E-state index contributed by atoms with van der Waals surface area (Å²) in [6, 6.07) is 29.5. The Balaban J connectivity index is 1.19. The molecule has 2 saturated heterocycles. The molecule has 2 aliphatic heterocycles. The smallest absolute Gasteiger partial charge is 0.234 e. The highest BCUT2D eigenvalue weighted by atomic mass is 32.2. The van der Waals surface area contributed by atoms with Gasteiger partial charge in [0.05, 0.1) is 5.75 Å². The average molecular weight is 459 g/mol. The lowest BCUT2D eigenvalue weighted by Crippen LogP contribution is -2.46. The van der Waals surface area contributed by atoms with Gasteiger partial charge in [0.2, 0.25) is 5.91 Å². The summed E-state index contributed by atoms with van der Waals surface area (Å²) in [4.78, 5) is 17.5. The number of ether oxygens (including phenoxy) is 1. The number of nitrogens with zero attached hydrogens (tertiary/aromatic N) is 2.